The van der Waals surface area contributed by atoms with Gasteiger partial charge in [0.2, 0.25) is 0 Å². The summed E-state index contributed by atoms with van der Waals surface area (Å²) in [6.45, 7) is 0. The normalized spacial score (nSPS) is 24.3. The third-order valence-corrected chi connectivity index (χ3v) is 3.40. The third kappa shape index (κ3) is 1.44. The molecule has 0 aliphatic heterocycles. The van der Waals surface area contributed by atoms with Crippen molar-refractivity contribution in [2.24, 2.45) is 5.73 Å². The van der Waals surface area contributed by atoms with E-state index < -0.39 is 0 Å². The van der Waals surface area contributed by atoms with Gasteiger partial charge in [0.1, 0.15) is 0 Å². The molecular weight excluding hydrogens is 200 g/mol. The molecule has 2 aromatic rings. The monoisotopic (exact) mass is 214 g/mol. The van der Waals surface area contributed by atoms with E-state index in [9.17, 15) is 4.79 Å². The van der Waals surface area contributed by atoms with Crippen LogP contribution in [-0.4, -0.2) is 11.0 Å². The number of benzene rings is 1. The molecule has 1 aromatic heterocycles. The number of nitrogens with two attached hydrogens (primary N) is 1. The van der Waals surface area contributed by atoms with E-state index in [0.29, 0.717) is 5.92 Å². The van der Waals surface area contributed by atoms with Gasteiger partial charge in [-0.15, -0.1) is 0 Å². The average molecular weight is 214 g/mol. The summed E-state index contributed by atoms with van der Waals surface area (Å²) < 4.78 is 0. The lowest BCUT2D eigenvalue weighted by atomic mass is 9.76. The summed E-state index contributed by atoms with van der Waals surface area (Å²) in [4.78, 5) is 14.8. The van der Waals surface area contributed by atoms with E-state index in [-0.39, 0.29) is 11.6 Å². The van der Waals surface area contributed by atoms with Crippen molar-refractivity contribution in [3.63, 3.8) is 0 Å². The van der Waals surface area contributed by atoms with Crippen molar-refractivity contribution in [3.8, 4) is 0 Å². The lowest BCUT2D eigenvalue weighted by Crippen LogP contribution is -2.37. The van der Waals surface area contributed by atoms with Gasteiger partial charge in [0.25, 0.3) is 5.56 Å². The minimum atomic E-state index is 0.0376. The number of pyridine rings is 1. The Bertz CT molecular complexity index is 582. The number of fused-ring (bicyclic) bond motifs is 1. The Morgan fingerprint density at radius 1 is 1.25 bits per heavy atom. The second-order valence-corrected chi connectivity index (χ2v) is 4.57. The van der Waals surface area contributed by atoms with Crippen molar-refractivity contribution in [1.82, 2.24) is 4.98 Å². The Hall–Kier alpha value is -1.61. The molecule has 1 aliphatic rings. The fourth-order valence-corrected chi connectivity index (χ4v) is 2.38. The van der Waals surface area contributed by atoms with E-state index in [2.05, 4.69) is 4.98 Å². The third-order valence-electron chi connectivity index (χ3n) is 3.40. The maximum atomic E-state index is 11.9. The van der Waals surface area contributed by atoms with Crippen LogP contribution < -0.4 is 11.3 Å². The first kappa shape index (κ1) is 9.60. The van der Waals surface area contributed by atoms with Gasteiger partial charge < -0.3 is 10.7 Å². The number of hydrogen-bond acceptors (Lipinski definition) is 2. The van der Waals surface area contributed by atoms with Crippen molar-refractivity contribution in [2.45, 2.75) is 24.8 Å². The van der Waals surface area contributed by atoms with Crippen molar-refractivity contribution in [2.75, 3.05) is 0 Å². The number of hydrogen-bond donors (Lipinski definition) is 2. The number of aromatic nitrogens is 1. The first-order chi connectivity index (χ1) is 7.74. The molecule has 0 radical (unpaired) electrons. The highest BCUT2D eigenvalue weighted by Crippen LogP contribution is 2.34. The van der Waals surface area contributed by atoms with E-state index >= 15 is 0 Å². The predicted octanol–water partition coefficient (Wildman–Crippen LogP) is 1.73. The Labute approximate surface area is 93.3 Å². The molecule has 3 N–H and O–H groups in total. The molecule has 0 spiro atoms. The molecule has 1 heterocycles. The fourth-order valence-electron chi connectivity index (χ4n) is 2.38. The molecule has 82 valence electrons. The SMILES string of the molecule is NC1CC(c2cc3ccccc3[nH]c2=O)C1. The van der Waals surface area contributed by atoms with Gasteiger partial charge >= 0.3 is 0 Å². The smallest absolute Gasteiger partial charge is 0.251 e. The molecule has 0 saturated heterocycles. The van der Waals surface area contributed by atoms with Crippen molar-refractivity contribution in [1.29, 1.82) is 0 Å². The summed E-state index contributed by atoms with van der Waals surface area (Å²) in [5.74, 6) is 0.350. The molecule has 3 nitrogen and oxygen atoms in total. The number of aromatic amines is 1. The van der Waals surface area contributed by atoms with Crippen LogP contribution in [0.4, 0.5) is 0 Å². The second-order valence-electron chi connectivity index (χ2n) is 4.57. The number of H-pyrrole nitrogens is 1. The fraction of sp³-hybridized carbons (Fsp3) is 0.308. The largest absolute Gasteiger partial charge is 0.328 e. The first-order valence-electron chi connectivity index (χ1n) is 5.61. The number of rotatable bonds is 1. The molecule has 0 unspecified atom stereocenters. The highest BCUT2D eigenvalue weighted by molar-refractivity contribution is 5.78. The van der Waals surface area contributed by atoms with Crippen LogP contribution in [-0.2, 0) is 0 Å². The summed E-state index contributed by atoms with van der Waals surface area (Å²) in [5.41, 5.74) is 7.59. The second kappa shape index (κ2) is 3.46. The zero-order valence-electron chi connectivity index (χ0n) is 8.94. The van der Waals surface area contributed by atoms with E-state index in [1.165, 1.54) is 0 Å². The van der Waals surface area contributed by atoms with E-state index in [4.69, 9.17) is 5.73 Å². The van der Waals surface area contributed by atoms with Crippen LogP contribution in [0, 0.1) is 0 Å². The van der Waals surface area contributed by atoms with Crippen LogP contribution in [0.25, 0.3) is 10.9 Å². The Kier molecular flexibility index (Phi) is 2.07. The van der Waals surface area contributed by atoms with E-state index in [1.54, 1.807) is 0 Å². The highest BCUT2D eigenvalue weighted by atomic mass is 16.1. The lowest BCUT2D eigenvalue weighted by Gasteiger charge is -2.32. The van der Waals surface area contributed by atoms with Crippen LogP contribution in [0.15, 0.2) is 35.1 Å². The maximum absolute atomic E-state index is 11.9. The summed E-state index contributed by atoms with van der Waals surface area (Å²) >= 11 is 0. The average Bonchev–Trinajstić information content (AvgIpc) is 2.24. The summed E-state index contributed by atoms with van der Waals surface area (Å²) in [6, 6.07) is 10.1. The minimum absolute atomic E-state index is 0.0376. The standard InChI is InChI=1S/C13H14N2O/c14-10-5-9(6-10)11-7-8-3-1-2-4-12(8)15-13(11)16/h1-4,7,9-10H,5-6,14H2,(H,15,16). The van der Waals surface area contributed by atoms with Crippen LogP contribution in [0.2, 0.25) is 0 Å². The number of nitrogens with one attached hydrogen (secondary N) is 1. The van der Waals surface area contributed by atoms with Gasteiger partial charge in [-0.05, 0) is 36.3 Å². The molecule has 1 saturated carbocycles. The molecule has 0 atom stereocenters. The van der Waals surface area contributed by atoms with Crippen LogP contribution >= 0.6 is 0 Å². The van der Waals surface area contributed by atoms with Gasteiger partial charge in [0.15, 0.2) is 0 Å². The highest BCUT2D eigenvalue weighted by Gasteiger charge is 2.29. The van der Waals surface area contributed by atoms with Crippen LogP contribution in [0.3, 0.4) is 0 Å². The topological polar surface area (TPSA) is 58.9 Å². The molecule has 3 rings (SSSR count). The lowest BCUT2D eigenvalue weighted by molar-refractivity contribution is 0.349. The zero-order chi connectivity index (χ0) is 11.1. The zero-order valence-corrected chi connectivity index (χ0v) is 8.94. The van der Waals surface area contributed by atoms with E-state index in [0.717, 1.165) is 29.3 Å². The van der Waals surface area contributed by atoms with Gasteiger partial charge in [-0.3, -0.25) is 4.79 Å². The minimum Gasteiger partial charge on any atom is -0.328 e. The molecule has 3 heteroatoms. The Morgan fingerprint density at radius 3 is 2.75 bits per heavy atom. The Balaban J connectivity index is 2.11. The maximum Gasteiger partial charge on any atom is 0.251 e. The van der Waals surface area contributed by atoms with Crippen molar-refractivity contribution in [3.05, 3.63) is 46.2 Å². The van der Waals surface area contributed by atoms with Gasteiger partial charge in [0.05, 0.1) is 0 Å². The first-order valence-corrected chi connectivity index (χ1v) is 5.61. The van der Waals surface area contributed by atoms with Gasteiger partial charge in [-0.25, -0.2) is 0 Å². The van der Waals surface area contributed by atoms with Crippen molar-refractivity contribution >= 4 is 10.9 Å². The number of para-hydroxylation sites is 1. The summed E-state index contributed by atoms with van der Waals surface area (Å²) in [6.07, 6.45) is 1.86. The molecule has 1 aliphatic carbocycles. The molecule has 0 amide bonds. The molecule has 16 heavy (non-hydrogen) atoms. The predicted molar refractivity (Wildman–Crippen MR) is 64.5 cm³/mol. The quantitative estimate of drug-likeness (QED) is 0.759. The molecular formula is C13H14N2O. The van der Waals surface area contributed by atoms with Crippen LogP contribution in [0.1, 0.15) is 24.3 Å². The molecule has 1 aromatic carbocycles. The molecule has 0 bridgehead atoms. The van der Waals surface area contributed by atoms with Gasteiger partial charge in [-0.2, -0.15) is 0 Å². The summed E-state index contributed by atoms with van der Waals surface area (Å²) in [7, 11) is 0. The van der Waals surface area contributed by atoms with E-state index in [1.807, 2.05) is 30.3 Å². The Morgan fingerprint density at radius 2 is 2.00 bits per heavy atom. The van der Waals surface area contributed by atoms with Gasteiger partial charge in [0, 0.05) is 17.1 Å². The van der Waals surface area contributed by atoms with Gasteiger partial charge in [-0.1, -0.05) is 18.2 Å². The molecule has 1 fully saturated rings. The summed E-state index contributed by atoms with van der Waals surface area (Å²) in [5, 5.41) is 1.09. The van der Waals surface area contributed by atoms with Crippen molar-refractivity contribution < 1.29 is 0 Å². The van der Waals surface area contributed by atoms with Crippen LogP contribution in [0.5, 0.6) is 0 Å².